The molecule has 88 valence electrons. The van der Waals surface area contributed by atoms with Gasteiger partial charge in [0.15, 0.2) is 0 Å². The molecule has 0 aromatic carbocycles. The lowest BCUT2D eigenvalue weighted by molar-refractivity contribution is 0.0952. The Hall–Kier alpha value is -1.03. The topological polar surface area (TPSA) is 55.1 Å². The molecule has 4 heteroatoms. The van der Waals surface area contributed by atoms with Gasteiger partial charge in [-0.1, -0.05) is 13.3 Å². The highest BCUT2D eigenvalue weighted by Gasteiger charge is 2.25. The van der Waals surface area contributed by atoms with Gasteiger partial charge in [0.05, 0.1) is 10.6 Å². The van der Waals surface area contributed by atoms with Crippen LogP contribution < -0.4 is 11.1 Å². The van der Waals surface area contributed by atoms with Crippen molar-refractivity contribution in [3.05, 3.63) is 16.5 Å². The van der Waals surface area contributed by atoms with E-state index < -0.39 is 0 Å². The minimum absolute atomic E-state index is 0.000927. The van der Waals surface area contributed by atoms with Crippen molar-refractivity contribution in [3.63, 3.8) is 0 Å². The van der Waals surface area contributed by atoms with Gasteiger partial charge in [0, 0.05) is 10.9 Å². The van der Waals surface area contributed by atoms with Gasteiger partial charge in [-0.2, -0.15) is 0 Å². The summed E-state index contributed by atoms with van der Waals surface area (Å²) in [5.41, 5.74) is 6.54. The predicted molar refractivity (Wildman–Crippen MR) is 67.8 cm³/mol. The maximum atomic E-state index is 11.8. The first-order valence-corrected chi connectivity index (χ1v) is 6.71. The number of anilines is 1. The molecule has 1 aliphatic rings. The Kier molecular flexibility index (Phi) is 3.49. The van der Waals surface area contributed by atoms with Crippen molar-refractivity contribution in [2.24, 2.45) is 0 Å². The maximum Gasteiger partial charge on any atom is 0.254 e. The van der Waals surface area contributed by atoms with E-state index in [1.165, 1.54) is 11.3 Å². The fraction of sp³-hybridized carbons (Fsp3) is 0.583. The zero-order chi connectivity index (χ0) is 11.5. The zero-order valence-corrected chi connectivity index (χ0v) is 10.4. The molecule has 0 spiro atoms. The second-order valence-corrected chi connectivity index (χ2v) is 5.51. The first kappa shape index (κ1) is 11.5. The highest BCUT2D eigenvalue weighted by Crippen LogP contribution is 2.27. The molecule has 1 heterocycles. The highest BCUT2D eigenvalue weighted by atomic mass is 32.1. The Morgan fingerprint density at radius 2 is 2.38 bits per heavy atom. The van der Waals surface area contributed by atoms with Crippen LogP contribution in [0, 0.1) is 0 Å². The summed E-state index contributed by atoms with van der Waals surface area (Å²) in [5, 5.41) is 3.62. The number of nitrogens with two attached hydrogens (primary N) is 1. The van der Waals surface area contributed by atoms with Crippen LogP contribution in [-0.4, -0.2) is 11.9 Å². The van der Waals surface area contributed by atoms with Gasteiger partial charge in [0.2, 0.25) is 0 Å². The van der Waals surface area contributed by atoms with Crippen molar-refractivity contribution in [3.8, 4) is 0 Å². The molecule has 1 aromatic rings. The molecular formula is C12H18N2OS. The molecule has 1 amide bonds. The lowest BCUT2D eigenvalue weighted by Crippen LogP contribution is -2.25. The number of nitrogens with one attached hydrogen (secondary N) is 1. The fourth-order valence-corrected chi connectivity index (χ4v) is 2.57. The van der Waals surface area contributed by atoms with Crippen molar-refractivity contribution in [1.29, 1.82) is 0 Å². The van der Waals surface area contributed by atoms with Crippen LogP contribution in [0.5, 0.6) is 0 Å². The molecule has 0 radical (unpaired) electrons. The molecule has 2 rings (SSSR count). The van der Waals surface area contributed by atoms with Crippen molar-refractivity contribution >= 4 is 22.2 Å². The number of carbonyl (C=O) groups is 1. The van der Waals surface area contributed by atoms with Crippen LogP contribution in [-0.2, 0) is 6.42 Å². The largest absolute Gasteiger partial charge is 0.390 e. The van der Waals surface area contributed by atoms with Crippen LogP contribution >= 0.6 is 11.3 Å². The third-order valence-corrected chi connectivity index (χ3v) is 3.77. The number of thiophene rings is 1. The first-order valence-electron chi connectivity index (χ1n) is 5.89. The molecule has 3 N–H and O–H groups in total. The van der Waals surface area contributed by atoms with Gasteiger partial charge in [-0.25, -0.2) is 0 Å². The Labute approximate surface area is 100 Å². The summed E-state index contributed by atoms with van der Waals surface area (Å²) in [6.45, 7) is 2.16. The van der Waals surface area contributed by atoms with Crippen LogP contribution in [0.4, 0.5) is 5.00 Å². The second kappa shape index (κ2) is 4.87. The van der Waals surface area contributed by atoms with Crippen LogP contribution in [0.3, 0.4) is 0 Å². The minimum atomic E-state index is -0.000927. The van der Waals surface area contributed by atoms with E-state index in [4.69, 9.17) is 5.73 Å². The number of nitrogen functional groups attached to an aromatic ring is 1. The SMILES string of the molecule is CCCCc1cc(C(=O)NC2CC2)c(N)s1. The normalized spacial score (nSPS) is 15.1. The Morgan fingerprint density at radius 3 is 3.00 bits per heavy atom. The van der Waals surface area contributed by atoms with Crippen molar-refractivity contribution in [2.75, 3.05) is 5.73 Å². The van der Waals surface area contributed by atoms with Crippen molar-refractivity contribution in [2.45, 2.75) is 45.1 Å². The van der Waals surface area contributed by atoms with Crippen molar-refractivity contribution in [1.82, 2.24) is 5.32 Å². The van der Waals surface area contributed by atoms with Crippen LogP contribution in [0.25, 0.3) is 0 Å². The van der Waals surface area contributed by atoms with Crippen LogP contribution in [0.15, 0.2) is 6.07 Å². The second-order valence-electron chi connectivity index (χ2n) is 4.34. The van der Waals surface area contributed by atoms with Gasteiger partial charge in [-0.15, -0.1) is 11.3 Å². The summed E-state index contributed by atoms with van der Waals surface area (Å²) in [6, 6.07) is 2.35. The van der Waals surface area contributed by atoms with Gasteiger partial charge < -0.3 is 11.1 Å². The number of carbonyl (C=O) groups excluding carboxylic acids is 1. The number of aryl methyl sites for hydroxylation is 1. The van der Waals surface area contributed by atoms with Gasteiger partial charge in [-0.05, 0) is 31.7 Å². The van der Waals surface area contributed by atoms with E-state index in [1.807, 2.05) is 6.07 Å². The van der Waals surface area contributed by atoms with E-state index in [1.54, 1.807) is 11.3 Å². The summed E-state index contributed by atoms with van der Waals surface area (Å²) < 4.78 is 0. The van der Waals surface area contributed by atoms with Crippen LogP contribution in [0.1, 0.15) is 47.8 Å². The lowest BCUT2D eigenvalue weighted by Gasteiger charge is -2.00. The monoisotopic (exact) mass is 238 g/mol. The number of hydrogen-bond donors (Lipinski definition) is 2. The third kappa shape index (κ3) is 2.76. The van der Waals surface area contributed by atoms with E-state index in [2.05, 4.69) is 12.2 Å². The number of hydrogen-bond acceptors (Lipinski definition) is 3. The Bertz CT molecular complexity index is 382. The van der Waals surface area contributed by atoms with E-state index in [0.29, 0.717) is 16.6 Å². The molecule has 0 bridgehead atoms. The third-order valence-electron chi connectivity index (χ3n) is 2.75. The molecular weight excluding hydrogens is 220 g/mol. The fourth-order valence-electron chi connectivity index (χ4n) is 1.60. The Balaban J connectivity index is 2.01. The van der Waals surface area contributed by atoms with E-state index in [0.717, 1.165) is 25.7 Å². The van der Waals surface area contributed by atoms with E-state index in [9.17, 15) is 4.79 Å². The molecule has 0 saturated heterocycles. The molecule has 16 heavy (non-hydrogen) atoms. The summed E-state index contributed by atoms with van der Waals surface area (Å²) in [4.78, 5) is 13.0. The molecule has 1 aliphatic carbocycles. The maximum absolute atomic E-state index is 11.8. The average molecular weight is 238 g/mol. The van der Waals surface area contributed by atoms with E-state index >= 15 is 0 Å². The Morgan fingerprint density at radius 1 is 1.62 bits per heavy atom. The summed E-state index contributed by atoms with van der Waals surface area (Å²) >= 11 is 1.55. The molecule has 3 nitrogen and oxygen atoms in total. The quantitative estimate of drug-likeness (QED) is 0.828. The molecule has 1 aromatic heterocycles. The summed E-state index contributed by atoms with van der Waals surface area (Å²) in [7, 11) is 0. The molecule has 0 unspecified atom stereocenters. The molecule has 1 fully saturated rings. The van der Waals surface area contributed by atoms with Gasteiger partial charge in [-0.3, -0.25) is 4.79 Å². The zero-order valence-electron chi connectivity index (χ0n) is 9.58. The predicted octanol–water partition coefficient (Wildman–Crippen LogP) is 2.57. The number of amides is 1. The van der Waals surface area contributed by atoms with Crippen molar-refractivity contribution < 1.29 is 4.79 Å². The van der Waals surface area contributed by atoms with Crippen LogP contribution in [0.2, 0.25) is 0 Å². The number of rotatable bonds is 5. The molecule has 0 atom stereocenters. The van der Waals surface area contributed by atoms with Gasteiger partial charge >= 0.3 is 0 Å². The highest BCUT2D eigenvalue weighted by molar-refractivity contribution is 7.16. The number of unbranched alkanes of at least 4 members (excludes halogenated alkanes) is 1. The molecule has 1 saturated carbocycles. The van der Waals surface area contributed by atoms with Gasteiger partial charge in [0.25, 0.3) is 5.91 Å². The lowest BCUT2D eigenvalue weighted by atomic mass is 10.2. The minimum Gasteiger partial charge on any atom is -0.390 e. The standard InChI is InChI=1S/C12H18N2OS/c1-2-3-4-9-7-10(11(13)16-9)12(15)14-8-5-6-8/h7-8H,2-6,13H2,1H3,(H,14,15). The summed E-state index contributed by atoms with van der Waals surface area (Å²) in [5.74, 6) is -0.000927. The average Bonchev–Trinajstić information content (AvgIpc) is 2.97. The van der Waals surface area contributed by atoms with E-state index in [-0.39, 0.29) is 5.91 Å². The first-order chi connectivity index (χ1) is 7.70. The molecule has 0 aliphatic heterocycles. The summed E-state index contributed by atoms with van der Waals surface area (Å²) in [6.07, 6.45) is 5.57. The smallest absolute Gasteiger partial charge is 0.254 e. The van der Waals surface area contributed by atoms with Gasteiger partial charge in [0.1, 0.15) is 0 Å².